The molecule has 0 saturated carbocycles. The van der Waals surface area contributed by atoms with Gasteiger partial charge in [0.15, 0.2) is 5.58 Å². The molecule has 2 aromatic carbocycles. The van der Waals surface area contributed by atoms with E-state index in [0.29, 0.717) is 40.4 Å². The Hall–Kier alpha value is -3.22. The number of oxazole rings is 1. The lowest BCUT2D eigenvalue weighted by Crippen LogP contribution is -2.14. The summed E-state index contributed by atoms with van der Waals surface area (Å²) in [5.74, 6) is 0.389. The van der Waals surface area contributed by atoms with Gasteiger partial charge < -0.3 is 19.2 Å². The van der Waals surface area contributed by atoms with E-state index < -0.39 is 5.76 Å². The number of carbonyl (C=O) groups excluding carboxylic acids is 1. The second-order valence-corrected chi connectivity index (χ2v) is 5.35. The minimum Gasteiger partial charge on any atom is -0.497 e. The Balaban J connectivity index is 1.93. The van der Waals surface area contributed by atoms with Crippen molar-refractivity contribution in [1.29, 1.82) is 0 Å². The number of aromatic nitrogens is 1. The molecule has 3 rings (SSSR count). The molecule has 0 unspecified atom stereocenters. The molecule has 0 aliphatic rings. The molecule has 3 aromatic rings. The number of ether oxygens (including phenoxy) is 2. The summed E-state index contributed by atoms with van der Waals surface area (Å²) in [6.45, 7) is 2.30. The summed E-state index contributed by atoms with van der Waals surface area (Å²) in [6.07, 6.45) is 0. The van der Waals surface area contributed by atoms with Crippen LogP contribution in [0, 0.1) is 0 Å². The maximum absolute atomic E-state index is 12.6. The fourth-order valence-electron chi connectivity index (χ4n) is 2.59. The molecule has 1 N–H and O–H groups in total. The summed E-state index contributed by atoms with van der Waals surface area (Å²) in [5.41, 5.74) is 1.99. The number of hydrogen-bond acceptors (Lipinski definition) is 5. The van der Waals surface area contributed by atoms with E-state index in [-0.39, 0.29) is 5.91 Å². The van der Waals surface area contributed by atoms with E-state index in [4.69, 9.17) is 13.9 Å². The second-order valence-electron chi connectivity index (χ2n) is 5.35. The van der Waals surface area contributed by atoms with E-state index in [1.54, 1.807) is 36.4 Å². The quantitative estimate of drug-likeness (QED) is 0.771. The predicted octanol–water partition coefficient (Wildman–Crippen LogP) is 2.88. The topological polar surface area (TPSA) is 82.7 Å². The van der Waals surface area contributed by atoms with Gasteiger partial charge in [-0.25, -0.2) is 4.79 Å². The number of fused-ring (bicyclic) bond motifs is 1. The van der Waals surface area contributed by atoms with Crippen molar-refractivity contribution in [3.8, 4) is 11.5 Å². The van der Waals surface area contributed by atoms with Gasteiger partial charge in [-0.15, -0.1) is 0 Å². The van der Waals surface area contributed by atoms with Crippen LogP contribution >= 0.6 is 0 Å². The standard InChI is InChI=1S/C18H18N2O5/c1-4-20-15-7-11(5-6-16(15)25-18(20)22)17(21)19-12-8-13(23-2)10-14(9-12)24-3/h5-10H,4H2,1-3H3,(H,19,21). The second kappa shape index (κ2) is 6.72. The van der Waals surface area contributed by atoms with Crippen LogP contribution in [0.25, 0.3) is 11.1 Å². The molecular weight excluding hydrogens is 324 g/mol. The summed E-state index contributed by atoms with van der Waals surface area (Å²) in [6, 6.07) is 9.96. The number of hydrogen-bond donors (Lipinski definition) is 1. The van der Waals surface area contributed by atoms with Crippen molar-refractivity contribution < 1.29 is 18.7 Å². The molecule has 0 aliphatic heterocycles. The van der Waals surface area contributed by atoms with Gasteiger partial charge in [-0.3, -0.25) is 9.36 Å². The zero-order valence-electron chi connectivity index (χ0n) is 14.2. The first-order valence-corrected chi connectivity index (χ1v) is 7.73. The highest BCUT2D eigenvalue weighted by Crippen LogP contribution is 2.26. The van der Waals surface area contributed by atoms with Gasteiger partial charge in [-0.1, -0.05) is 0 Å². The molecule has 0 aliphatic carbocycles. The molecule has 7 nitrogen and oxygen atoms in total. The van der Waals surface area contributed by atoms with Crippen LogP contribution in [0.2, 0.25) is 0 Å². The van der Waals surface area contributed by atoms with Crippen LogP contribution in [0.5, 0.6) is 11.5 Å². The molecule has 1 heterocycles. The van der Waals surface area contributed by atoms with Gasteiger partial charge in [-0.2, -0.15) is 0 Å². The predicted molar refractivity (Wildman–Crippen MR) is 93.6 cm³/mol. The van der Waals surface area contributed by atoms with E-state index in [0.717, 1.165) is 0 Å². The maximum Gasteiger partial charge on any atom is 0.419 e. The lowest BCUT2D eigenvalue weighted by atomic mass is 10.2. The zero-order valence-corrected chi connectivity index (χ0v) is 14.2. The van der Waals surface area contributed by atoms with Gasteiger partial charge in [0, 0.05) is 36.0 Å². The summed E-state index contributed by atoms with van der Waals surface area (Å²) in [5, 5.41) is 2.80. The summed E-state index contributed by atoms with van der Waals surface area (Å²) in [7, 11) is 3.08. The average molecular weight is 342 g/mol. The minimum absolute atomic E-state index is 0.312. The molecule has 0 spiro atoms. The van der Waals surface area contributed by atoms with Crippen molar-refractivity contribution in [3.05, 3.63) is 52.5 Å². The molecule has 7 heteroatoms. The van der Waals surface area contributed by atoms with Crippen molar-refractivity contribution in [2.45, 2.75) is 13.5 Å². The van der Waals surface area contributed by atoms with Crippen LogP contribution < -0.4 is 20.5 Å². The lowest BCUT2D eigenvalue weighted by Gasteiger charge is -2.10. The van der Waals surface area contributed by atoms with Gasteiger partial charge in [0.2, 0.25) is 0 Å². The van der Waals surface area contributed by atoms with E-state index in [1.165, 1.54) is 18.8 Å². The van der Waals surface area contributed by atoms with Crippen LogP contribution in [-0.2, 0) is 6.54 Å². The molecule has 0 bridgehead atoms. The molecule has 0 saturated heterocycles. The Bertz CT molecular complexity index is 965. The number of benzene rings is 2. The zero-order chi connectivity index (χ0) is 18.0. The third-order valence-corrected chi connectivity index (χ3v) is 3.86. The van der Waals surface area contributed by atoms with Crippen molar-refractivity contribution in [2.24, 2.45) is 0 Å². The molecule has 1 aromatic heterocycles. The molecule has 1 amide bonds. The first kappa shape index (κ1) is 16.6. The number of rotatable bonds is 5. The van der Waals surface area contributed by atoms with Gasteiger partial charge in [-0.05, 0) is 25.1 Å². The Morgan fingerprint density at radius 2 is 1.80 bits per heavy atom. The van der Waals surface area contributed by atoms with E-state index >= 15 is 0 Å². The Labute approximate surface area is 143 Å². The molecular formula is C18H18N2O5. The number of nitrogens with zero attached hydrogens (tertiary/aromatic N) is 1. The van der Waals surface area contributed by atoms with Crippen LogP contribution in [0.4, 0.5) is 5.69 Å². The van der Waals surface area contributed by atoms with Gasteiger partial charge in [0.1, 0.15) is 11.5 Å². The van der Waals surface area contributed by atoms with Crippen molar-refractivity contribution in [2.75, 3.05) is 19.5 Å². The average Bonchev–Trinajstić information content (AvgIpc) is 2.95. The first-order valence-electron chi connectivity index (χ1n) is 7.73. The van der Waals surface area contributed by atoms with Crippen molar-refractivity contribution >= 4 is 22.7 Å². The molecule has 25 heavy (non-hydrogen) atoms. The number of nitrogens with one attached hydrogen (secondary N) is 1. The van der Waals surface area contributed by atoms with E-state index in [2.05, 4.69) is 5.32 Å². The lowest BCUT2D eigenvalue weighted by molar-refractivity contribution is 0.102. The molecule has 0 fully saturated rings. The minimum atomic E-state index is -0.437. The number of aryl methyl sites for hydroxylation is 1. The fraction of sp³-hybridized carbons (Fsp3) is 0.222. The van der Waals surface area contributed by atoms with Gasteiger partial charge >= 0.3 is 5.76 Å². The van der Waals surface area contributed by atoms with E-state index in [9.17, 15) is 9.59 Å². The Kier molecular flexibility index (Phi) is 4.47. The fourth-order valence-corrected chi connectivity index (χ4v) is 2.59. The third kappa shape index (κ3) is 3.21. The molecule has 130 valence electrons. The monoisotopic (exact) mass is 342 g/mol. The summed E-state index contributed by atoms with van der Waals surface area (Å²) in [4.78, 5) is 24.3. The normalized spacial score (nSPS) is 10.7. The summed E-state index contributed by atoms with van der Waals surface area (Å²) >= 11 is 0. The van der Waals surface area contributed by atoms with Gasteiger partial charge in [0.25, 0.3) is 5.91 Å². The number of anilines is 1. The van der Waals surface area contributed by atoms with Crippen molar-refractivity contribution in [3.63, 3.8) is 0 Å². The van der Waals surface area contributed by atoms with Crippen LogP contribution in [-0.4, -0.2) is 24.7 Å². The Morgan fingerprint density at radius 1 is 1.12 bits per heavy atom. The highest BCUT2D eigenvalue weighted by molar-refractivity contribution is 6.06. The van der Waals surface area contributed by atoms with Crippen molar-refractivity contribution in [1.82, 2.24) is 4.57 Å². The number of methoxy groups -OCH3 is 2. The first-order chi connectivity index (χ1) is 12.0. The van der Waals surface area contributed by atoms with E-state index in [1.807, 2.05) is 6.92 Å². The Morgan fingerprint density at radius 3 is 2.40 bits per heavy atom. The van der Waals surface area contributed by atoms with Gasteiger partial charge in [0.05, 0.1) is 19.7 Å². The summed E-state index contributed by atoms with van der Waals surface area (Å²) < 4.78 is 17.0. The number of carbonyl (C=O) groups is 1. The number of amides is 1. The molecule has 0 radical (unpaired) electrons. The van der Waals surface area contributed by atoms with Crippen LogP contribution in [0.3, 0.4) is 0 Å². The smallest absolute Gasteiger partial charge is 0.419 e. The molecule has 0 atom stereocenters. The SMILES string of the molecule is CCn1c(=O)oc2ccc(C(=O)Nc3cc(OC)cc(OC)c3)cc21. The van der Waals surface area contributed by atoms with Crippen LogP contribution in [0.1, 0.15) is 17.3 Å². The highest BCUT2D eigenvalue weighted by atomic mass is 16.5. The third-order valence-electron chi connectivity index (χ3n) is 3.86. The van der Waals surface area contributed by atoms with Crippen LogP contribution in [0.15, 0.2) is 45.6 Å². The largest absolute Gasteiger partial charge is 0.497 e. The highest BCUT2D eigenvalue weighted by Gasteiger charge is 2.13. The maximum atomic E-state index is 12.6.